The number of nitrogens with one attached hydrogen (secondary N) is 1. The van der Waals surface area contributed by atoms with Crippen molar-refractivity contribution in [1.82, 2.24) is 29.7 Å². The van der Waals surface area contributed by atoms with Gasteiger partial charge in [0.15, 0.2) is 17.2 Å². The van der Waals surface area contributed by atoms with Crippen LogP contribution in [0.1, 0.15) is 28.8 Å². The smallest absolute Gasteiger partial charge is 0.272 e. The van der Waals surface area contributed by atoms with Crippen LogP contribution in [-0.4, -0.2) is 42.3 Å². The standard InChI is InChI=1S/C20H19FN6OS/c1-29-13-10-15(19-24-23-18-8-4-5-11-26(18)19)22-20(28)16-9-12-27(25-16)17-7-3-2-6-14(17)21/h2-9,11-12,15H,10,13H2,1H3,(H,22,28). The van der Waals surface area contributed by atoms with Gasteiger partial charge in [0, 0.05) is 12.4 Å². The van der Waals surface area contributed by atoms with Crippen molar-refractivity contribution in [3.05, 3.63) is 78.3 Å². The second kappa shape index (κ2) is 8.44. The quantitative estimate of drug-likeness (QED) is 0.506. The van der Waals surface area contributed by atoms with Crippen LogP contribution < -0.4 is 5.32 Å². The van der Waals surface area contributed by atoms with Crippen LogP contribution >= 0.6 is 11.8 Å². The third-order valence-corrected chi connectivity index (χ3v) is 5.13. The average Bonchev–Trinajstić information content (AvgIpc) is 3.39. The summed E-state index contributed by atoms with van der Waals surface area (Å²) in [5, 5.41) is 15.7. The number of hydrogen-bond donors (Lipinski definition) is 1. The Kier molecular flexibility index (Phi) is 5.57. The number of carbonyl (C=O) groups is 1. The summed E-state index contributed by atoms with van der Waals surface area (Å²) < 4.78 is 17.2. The first-order valence-electron chi connectivity index (χ1n) is 9.07. The Hall–Kier alpha value is -3.20. The number of pyridine rings is 1. The molecule has 4 rings (SSSR count). The predicted octanol–water partition coefficient (Wildman–Crippen LogP) is 3.28. The van der Waals surface area contributed by atoms with Gasteiger partial charge in [-0.25, -0.2) is 9.07 Å². The number of halogens is 1. The van der Waals surface area contributed by atoms with Crippen molar-refractivity contribution in [2.75, 3.05) is 12.0 Å². The minimum Gasteiger partial charge on any atom is -0.341 e. The van der Waals surface area contributed by atoms with E-state index >= 15 is 0 Å². The SMILES string of the molecule is CSCCC(NC(=O)c1ccn(-c2ccccc2F)n1)c1nnc2ccccn12. The molecule has 0 fully saturated rings. The van der Waals surface area contributed by atoms with E-state index in [9.17, 15) is 9.18 Å². The van der Waals surface area contributed by atoms with E-state index in [0.29, 0.717) is 12.2 Å². The molecular formula is C20H19FN6OS. The minimum atomic E-state index is -0.407. The fraction of sp³-hybridized carbons (Fsp3) is 0.200. The largest absolute Gasteiger partial charge is 0.341 e. The molecule has 0 bridgehead atoms. The first kappa shape index (κ1) is 19.1. The number of rotatable bonds is 7. The minimum absolute atomic E-state index is 0.205. The number of carbonyl (C=O) groups excluding carboxylic acids is 1. The van der Waals surface area contributed by atoms with Gasteiger partial charge in [0.05, 0.1) is 6.04 Å². The van der Waals surface area contributed by atoms with Crippen molar-refractivity contribution < 1.29 is 9.18 Å². The van der Waals surface area contributed by atoms with Crippen molar-refractivity contribution in [2.24, 2.45) is 0 Å². The average molecular weight is 410 g/mol. The molecule has 1 atom stereocenters. The Bertz CT molecular complexity index is 1140. The molecule has 0 spiro atoms. The van der Waals surface area contributed by atoms with E-state index in [4.69, 9.17) is 0 Å². The maximum absolute atomic E-state index is 14.0. The molecular weight excluding hydrogens is 391 g/mol. The summed E-state index contributed by atoms with van der Waals surface area (Å²) in [6, 6.07) is 13.2. The fourth-order valence-corrected chi connectivity index (χ4v) is 3.52. The highest BCUT2D eigenvalue weighted by atomic mass is 32.2. The first-order valence-corrected chi connectivity index (χ1v) is 10.5. The molecule has 0 aliphatic carbocycles. The first-order chi connectivity index (χ1) is 14.2. The second-order valence-corrected chi connectivity index (χ2v) is 7.38. The third-order valence-electron chi connectivity index (χ3n) is 4.49. The van der Waals surface area contributed by atoms with E-state index < -0.39 is 5.82 Å². The lowest BCUT2D eigenvalue weighted by Gasteiger charge is -2.16. The van der Waals surface area contributed by atoms with Crippen LogP contribution in [0.25, 0.3) is 11.3 Å². The van der Waals surface area contributed by atoms with Gasteiger partial charge in [-0.05, 0) is 48.8 Å². The Morgan fingerprint density at radius 2 is 1.97 bits per heavy atom. The zero-order valence-corrected chi connectivity index (χ0v) is 16.5. The summed E-state index contributed by atoms with van der Waals surface area (Å²) in [4.78, 5) is 12.8. The highest BCUT2D eigenvalue weighted by molar-refractivity contribution is 7.98. The number of nitrogens with zero attached hydrogens (tertiary/aromatic N) is 5. The maximum Gasteiger partial charge on any atom is 0.272 e. The molecule has 9 heteroatoms. The zero-order valence-electron chi connectivity index (χ0n) is 15.7. The molecule has 1 amide bonds. The molecule has 0 aliphatic heterocycles. The molecule has 0 saturated heterocycles. The molecule has 1 aromatic carbocycles. The lowest BCUT2D eigenvalue weighted by atomic mass is 10.2. The van der Waals surface area contributed by atoms with Crippen LogP contribution in [0.4, 0.5) is 4.39 Å². The summed E-state index contributed by atoms with van der Waals surface area (Å²) in [5.74, 6) is 0.752. The number of amides is 1. The van der Waals surface area contributed by atoms with Crippen LogP contribution in [0.5, 0.6) is 0 Å². The number of aromatic nitrogens is 5. The summed E-state index contributed by atoms with van der Waals surface area (Å²) in [6.07, 6.45) is 6.14. The van der Waals surface area contributed by atoms with Crippen molar-refractivity contribution >= 4 is 23.3 Å². The van der Waals surface area contributed by atoms with E-state index in [-0.39, 0.29) is 23.3 Å². The Morgan fingerprint density at radius 1 is 1.14 bits per heavy atom. The summed E-state index contributed by atoms with van der Waals surface area (Å²) in [7, 11) is 0. The number of hydrogen-bond acceptors (Lipinski definition) is 5. The number of para-hydroxylation sites is 1. The number of benzene rings is 1. The molecule has 0 saturated carbocycles. The lowest BCUT2D eigenvalue weighted by molar-refractivity contribution is 0.0928. The Balaban J connectivity index is 1.58. The fourth-order valence-electron chi connectivity index (χ4n) is 3.05. The molecule has 7 nitrogen and oxygen atoms in total. The van der Waals surface area contributed by atoms with Crippen LogP contribution in [0.3, 0.4) is 0 Å². The van der Waals surface area contributed by atoms with Gasteiger partial charge in [0.2, 0.25) is 0 Å². The van der Waals surface area contributed by atoms with Gasteiger partial charge in [0.25, 0.3) is 5.91 Å². The van der Waals surface area contributed by atoms with Crippen molar-refractivity contribution in [3.63, 3.8) is 0 Å². The molecule has 1 unspecified atom stereocenters. The molecule has 3 aromatic heterocycles. The molecule has 4 aromatic rings. The van der Waals surface area contributed by atoms with Gasteiger partial charge in [-0.15, -0.1) is 10.2 Å². The van der Waals surface area contributed by atoms with E-state index in [1.54, 1.807) is 42.2 Å². The molecule has 29 heavy (non-hydrogen) atoms. The third kappa shape index (κ3) is 4.00. The van der Waals surface area contributed by atoms with Crippen LogP contribution in [-0.2, 0) is 0 Å². The van der Waals surface area contributed by atoms with Gasteiger partial charge in [-0.3, -0.25) is 9.20 Å². The van der Waals surface area contributed by atoms with Crippen LogP contribution in [0.2, 0.25) is 0 Å². The highest BCUT2D eigenvalue weighted by Gasteiger charge is 2.22. The van der Waals surface area contributed by atoms with Gasteiger partial charge in [0.1, 0.15) is 11.5 Å². The van der Waals surface area contributed by atoms with Crippen molar-refractivity contribution in [2.45, 2.75) is 12.5 Å². The molecule has 1 N–H and O–H groups in total. The highest BCUT2D eigenvalue weighted by Crippen LogP contribution is 2.19. The molecule has 3 heterocycles. The van der Waals surface area contributed by atoms with E-state index in [2.05, 4.69) is 20.6 Å². The van der Waals surface area contributed by atoms with Crippen molar-refractivity contribution in [1.29, 1.82) is 0 Å². The van der Waals surface area contributed by atoms with Crippen LogP contribution in [0.15, 0.2) is 60.9 Å². The monoisotopic (exact) mass is 410 g/mol. The normalized spacial score (nSPS) is 12.2. The maximum atomic E-state index is 14.0. The van der Waals surface area contributed by atoms with E-state index in [1.165, 1.54) is 10.7 Å². The predicted molar refractivity (Wildman–Crippen MR) is 110 cm³/mol. The Morgan fingerprint density at radius 3 is 2.79 bits per heavy atom. The van der Waals surface area contributed by atoms with Gasteiger partial charge in [-0.1, -0.05) is 18.2 Å². The summed E-state index contributed by atoms with van der Waals surface area (Å²) in [6.45, 7) is 0. The Labute approximate surface area is 171 Å². The van der Waals surface area contributed by atoms with Crippen molar-refractivity contribution in [3.8, 4) is 5.69 Å². The molecule has 0 aliphatic rings. The molecule has 148 valence electrons. The summed E-state index contributed by atoms with van der Waals surface area (Å²) in [5.41, 5.74) is 1.21. The zero-order chi connectivity index (χ0) is 20.2. The van der Waals surface area contributed by atoms with Gasteiger partial charge < -0.3 is 5.32 Å². The lowest BCUT2D eigenvalue weighted by Crippen LogP contribution is -2.30. The van der Waals surface area contributed by atoms with Gasteiger partial charge in [-0.2, -0.15) is 16.9 Å². The van der Waals surface area contributed by atoms with E-state index in [0.717, 1.165) is 11.4 Å². The van der Waals surface area contributed by atoms with Crippen LogP contribution in [0, 0.1) is 5.82 Å². The van der Waals surface area contributed by atoms with E-state index in [1.807, 2.05) is 35.1 Å². The summed E-state index contributed by atoms with van der Waals surface area (Å²) >= 11 is 1.69. The molecule has 0 radical (unpaired) electrons. The number of fused-ring (bicyclic) bond motifs is 1. The second-order valence-electron chi connectivity index (χ2n) is 6.39. The topological polar surface area (TPSA) is 77.1 Å². The van der Waals surface area contributed by atoms with Gasteiger partial charge >= 0.3 is 0 Å². The number of thioether (sulfide) groups is 1.